The molecule has 0 saturated carbocycles. The summed E-state index contributed by atoms with van der Waals surface area (Å²) in [6.45, 7) is 4.41. The van der Waals surface area contributed by atoms with Crippen LogP contribution in [0.15, 0.2) is 24.3 Å². The number of sulfone groups is 1. The molecule has 1 aromatic carbocycles. The lowest BCUT2D eigenvalue weighted by molar-refractivity contribution is -0.134. The van der Waals surface area contributed by atoms with E-state index in [-0.39, 0.29) is 29.4 Å². The van der Waals surface area contributed by atoms with Crippen LogP contribution in [0.5, 0.6) is 0 Å². The molecule has 1 aliphatic rings. The highest BCUT2D eigenvalue weighted by Crippen LogP contribution is 2.22. The summed E-state index contributed by atoms with van der Waals surface area (Å²) in [5, 5.41) is 0.646. The van der Waals surface area contributed by atoms with Gasteiger partial charge in [-0.3, -0.25) is 4.79 Å². The summed E-state index contributed by atoms with van der Waals surface area (Å²) in [6, 6.07) is 7.11. The van der Waals surface area contributed by atoms with E-state index >= 15 is 0 Å². The zero-order valence-corrected chi connectivity index (χ0v) is 14.5. The minimum atomic E-state index is -3.02. The average Bonchev–Trinajstić information content (AvgIpc) is 2.77. The molecule has 0 N–H and O–H groups in total. The van der Waals surface area contributed by atoms with Gasteiger partial charge in [-0.25, -0.2) is 8.42 Å². The molecule has 0 unspecified atom stereocenters. The Morgan fingerprint density at radius 1 is 1.32 bits per heavy atom. The molecule has 122 valence electrons. The van der Waals surface area contributed by atoms with Crippen molar-refractivity contribution in [2.75, 3.05) is 11.5 Å². The number of benzene rings is 1. The van der Waals surface area contributed by atoms with E-state index in [9.17, 15) is 13.2 Å². The number of amides is 1. The van der Waals surface area contributed by atoms with Crippen LogP contribution in [0.25, 0.3) is 0 Å². The van der Waals surface area contributed by atoms with Crippen molar-refractivity contribution in [3.05, 3.63) is 34.9 Å². The van der Waals surface area contributed by atoms with E-state index in [1.165, 1.54) is 0 Å². The monoisotopic (exact) mass is 343 g/mol. The Morgan fingerprint density at radius 3 is 2.45 bits per heavy atom. The molecule has 0 aromatic heterocycles. The second-order valence-electron chi connectivity index (χ2n) is 6.30. The van der Waals surface area contributed by atoms with Crippen LogP contribution >= 0.6 is 11.6 Å². The molecule has 1 saturated heterocycles. The van der Waals surface area contributed by atoms with E-state index in [0.29, 0.717) is 24.4 Å². The molecule has 0 radical (unpaired) electrons. The molecular formula is C16H22ClNO3S. The minimum absolute atomic E-state index is 0.0204. The van der Waals surface area contributed by atoms with Crippen LogP contribution in [-0.2, 0) is 21.2 Å². The van der Waals surface area contributed by atoms with Gasteiger partial charge in [0.2, 0.25) is 5.91 Å². The molecule has 1 fully saturated rings. The third-order valence-electron chi connectivity index (χ3n) is 3.82. The number of carbonyl (C=O) groups excluding carboxylic acids is 1. The van der Waals surface area contributed by atoms with Crippen molar-refractivity contribution in [2.45, 2.75) is 39.3 Å². The topological polar surface area (TPSA) is 54.5 Å². The van der Waals surface area contributed by atoms with Gasteiger partial charge in [0.15, 0.2) is 9.84 Å². The maximum absolute atomic E-state index is 12.5. The lowest BCUT2D eigenvalue weighted by Gasteiger charge is -2.29. The summed E-state index contributed by atoms with van der Waals surface area (Å²) in [4.78, 5) is 14.3. The molecule has 1 amide bonds. The highest BCUT2D eigenvalue weighted by molar-refractivity contribution is 7.91. The van der Waals surface area contributed by atoms with Crippen molar-refractivity contribution < 1.29 is 13.2 Å². The Kier molecular flexibility index (Phi) is 5.50. The molecule has 1 aliphatic heterocycles. The molecule has 4 nitrogen and oxygen atoms in total. The van der Waals surface area contributed by atoms with Crippen LogP contribution < -0.4 is 0 Å². The predicted octanol–water partition coefficient (Wildman–Crippen LogP) is 2.90. The molecule has 0 aliphatic carbocycles. The third kappa shape index (κ3) is 4.71. The van der Waals surface area contributed by atoms with Gasteiger partial charge in [0.05, 0.1) is 11.5 Å². The Labute approximate surface area is 137 Å². The number of hydrogen-bond donors (Lipinski definition) is 0. The van der Waals surface area contributed by atoms with Gasteiger partial charge in [0, 0.05) is 24.0 Å². The highest BCUT2D eigenvalue weighted by atomic mass is 35.5. The SMILES string of the molecule is CC(C)CC(=O)N(Cc1ccc(Cl)cc1)[C@@H]1CCS(=O)(=O)C1. The molecule has 0 spiro atoms. The maximum atomic E-state index is 12.5. The van der Waals surface area contributed by atoms with E-state index in [1.807, 2.05) is 26.0 Å². The molecule has 1 atom stereocenters. The molecule has 1 aromatic rings. The number of hydrogen-bond acceptors (Lipinski definition) is 3. The maximum Gasteiger partial charge on any atom is 0.223 e. The van der Waals surface area contributed by atoms with Crippen LogP contribution in [0.4, 0.5) is 0 Å². The lowest BCUT2D eigenvalue weighted by Crippen LogP contribution is -2.41. The predicted molar refractivity (Wildman–Crippen MR) is 88.5 cm³/mol. The fourth-order valence-corrected chi connectivity index (χ4v) is 4.55. The van der Waals surface area contributed by atoms with E-state index in [1.54, 1.807) is 17.0 Å². The standard InChI is InChI=1S/C16H22ClNO3S/c1-12(2)9-16(19)18(15-7-8-22(20,21)11-15)10-13-3-5-14(17)6-4-13/h3-6,12,15H,7-11H2,1-2H3/t15-/m1/s1. The Hall–Kier alpha value is -1.07. The van der Waals surface area contributed by atoms with E-state index in [0.717, 1.165) is 5.56 Å². The van der Waals surface area contributed by atoms with Gasteiger partial charge < -0.3 is 4.90 Å². The van der Waals surface area contributed by atoms with Crippen LogP contribution in [0.3, 0.4) is 0 Å². The van der Waals surface area contributed by atoms with E-state index < -0.39 is 9.84 Å². The molecule has 0 bridgehead atoms. The number of rotatable bonds is 5. The Balaban J connectivity index is 2.17. The first-order chi connectivity index (χ1) is 10.3. The van der Waals surface area contributed by atoms with Gasteiger partial charge in [0.25, 0.3) is 0 Å². The van der Waals surface area contributed by atoms with Gasteiger partial charge in [-0.05, 0) is 30.0 Å². The van der Waals surface area contributed by atoms with Crippen molar-refractivity contribution in [2.24, 2.45) is 5.92 Å². The normalized spacial score (nSPS) is 20.3. The fourth-order valence-electron chi connectivity index (χ4n) is 2.70. The van der Waals surface area contributed by atoms with Crippen molar-refractivity contribution in [3.8, 4) is 0 Å². The zero-order chi connectivity index (χ0) is 16.3. The third-order valence-corrected chi connectivity index (χ3v) is 5.82. The van der Waals surface area contributed by atoms with Crippen molar-refractivity contribution in [1.82, 2.24) is 4.90 Å². The molecule has 1 heterocycles. The van der Waals surface area contributed by atoms with Crippen molar-refractivity contribution in [3.63, 3.8) is 0 Å². The van der Waals surface area contributed by atoms with Gasteiger partial charge in [-0.2, -0.15) is 0 Å². The zero-order valence-electron chi connectivity index (χ0n) is 13.0. The first kappa shape index (κ1) is 17.3. The lowest BCUT2D eigenvalue weighted by atomic mass is 10.1. The summed E-state index contributed by atoms with van der Waals surface area (Å²) in [7, 11) is -3.02. The minimum Gasteiger partial charge on any atom is -0.334 e. The highest BCUT2D eigenvalue weighted by Gasteiger charge is 2.34. The quantitative estimate of drug-likeness (QED) is 0.826. The van der Waals surface area contributed by atoms with Gasteiger partial charge in [0.1, 0.15) is 0 Å². The van der Waals surface area contributed by atoms with Crippen LogP contribution in [0.1, 0.15) is 32.3 Å². The number of halogens is 1. The second-order valence-corrected chi connectivity index (χ2v) is 8.97. The molecule has 6 heteroatoms. The van der Waals surface area contributed by atoms with E-state index in [4.69, 9.17) is 11.6 Å². The summed E-state index contributed by atoms with van der Waals surface area (Å²) in [6.07, 6.45) is 0.962. The van der Waals surface area contributed by atoms with Gasteiger partial charge in [-0.15, -0.1) is 0 Å². The van der Waals surface area contributed by atoms with Crippen LogP contribution in [0, 0.1) is 5.92 Å². The first-order valence-electron chi connectivity index (χ1n) is 7.51. The average molecular weight is 344 g/mol. The Morgan fingerprint density at radius 2 is 1.95 bits per heavy atom. The fraction of sp³-hybridized carbons (Fsp3) is 0.562. The largest absolute Gasteiger partial charge is 0.334 e. The number of nitrogens with zero attached hydrogens (tertiary/aromatic N) is 1. The molecule has 2 rings (SSSR count). The summed E-state index contributed by atoms with van der Waals surface area (Å²) in [5.74, 6) is 0.513. The summed E-state index contributed by atoms with van der Waals surface area (Å²) < 4.78 is 23.5. The first-order valence-corrected chi connectivity index (χ1v) is 9.71. The van der Waals surface area contributed by atoms with Crippen LogP contribution in [-0.4, -0.2) is 36.8 Å². The summed E-state index contributed by atoms with van der Waals surface area (Å²) in [5.41, 5.74) is 0.964. The van der Waals surface area contributed by atoms with Crippen molar-refractivity contribution in [1.29, 1.82) is 0 Å². The smallest absolute Gasteiger partial charge is 0.223 e. The molecular weight excluding hydrogens is 322 g/mol. The van der Waals surface area contributed by atoms with Crippen LogP contribution in [0.2, 0.25) is 5.02 Å². The van der Waals surface area contributed by atoms with Gasteiger partial charge in [-0.1, -0.05) is 37.6 Å². The van der Waals surface area contributed by atoms with Crippen molar-refractivity contribution >= 4 is 27.3 Å². The van der Waals surface area contributed by atoms with E-state index in [2.05, 4.69) is 0 Å². The molecule has 22 heavy (non-hydrogen) atoms. The Bertz CT molecular complexity index is 625. The summed E-state index contributed by atoms with van der Waals surface area (Å²) >= 11 is 5.88. The van der Waals surface area contributed by atoms with Gasteiger partial charge >= 0.3 is 0 Å². The number of carbonyl (C=O) groups is 1. The second kappa shape index (κ2) is 7.01.